The zero-order chi connectivity index (χ0) is 20.7. The van der Waals surface area contributed by atoms with Crippen LogP contribution in [0.1, 0.15) is 26.7 Å². The zero-order valence-electron chi connectivity index (χ0n) is 18.3. The molecule has 1 unspecified atom stereocenters. The van der Waals surface area contributed by atoms with E-state index in [1.54, 1.807) is 19.0 Å². The smallest absolute Gasteiger partial charge is 0.243 e. The van der Waals surface area contributed by atoms with Gasteiger partial charge >= 0.3 is 0 Å². The Kier molecular flexibility index (Phi) is 10.9. The van der Waals surface area contributed by atoms with Gasteiger partial charge in [-0.3, -0.25) is 14.5 Å². The summed E-state index contributed by atoms with van der Waals surface area (Å²) < 4.78 is 0. The lowest BCUT2D eigenvalue weighted by molar-refractivity contribution is -0.135. The Morgan fingerprint density at radius 1 is 1.07 bits per heavy atom. The first-order valence-corrected chi connectivity index (χ1v) is 10.2. The Labute approximate surface area is 192 Å². The SMILES string of the molecule is C=C(C)CNC(=NCC(=O)N(C)C)N1CCN(C(C)C(=O)N2CCCC2)CC1.I. The van der Waals surface area contributed by atoms with E-state index >= 15 is 0 Å². The number of likely N-dealkylation sites (N-methyl/N-ethyl adjacent to an activating group) is 1. The molecule has 0 spiro atoms. The molecule has 0 aliphatic carbocycles. The number of hydrogen-bond donors (Lipinski definition) is 1. The minimum Gasteiger partial charge on any atom is -0.353 e. The number of halogens is 1. The molecule has 2 saturated heterocycles. The lowest BCUT2D eigenvalue weighted by Crippen LogP contribution is -2.57. The number of carbonyl (C=O) groups excluding carboxylic acids is 2. The van der Waals surface area contributed by atoms with Crippen molar-refractivity contribution in [1.29, 1.82) is 0 Å². The molecule has 0 bridgehead atoms. The van der Waals surface area contributed by atoms with E-state index in [0.717, 1.165) is 63.6 Å². The molecule has 2 amide bonds. The Morgan fingerprint density at radius 3 is 2.17 bits per heavy atom. The number of carbonyl (C=O) groups is 2. The van der Waals surface area contributed by atoms with Crippen LogP contribution in [0.15, 0.2) is 17.1 Å². The maximum absolute atomic E-state index is 12.7. The predicted molar refractivity (Wildman–Crippen MR) is 128 cm³/mol. The molecule has 0 aromatic rings. The van der Waals surface area contributed by atoms with Crippen LogP contribution in [-0.4, -0.2) is 110 Å². The van der Waals surface area contributed by atoms with Gasteiger partial charge in [0.1, 0.15) is 6.54 Å². The minimum absolute atomic E-state index is 0. The average Bonchev–Trinajstić information content (AvgIpc) is 3.21. The summed E-state index contributed by atoms with van der Waals surface area (Å²) in [4.78, 5) is 37.0. The van der Waals surface area contributed by atoms with Gasteiger partial charge < -0.3 is 20.0 Å². The van der Waals surface area contributed by atoms with E-state index < -0.39 is 0 Å². The lowest BCUT2D eigenvalue weighted by Gasteiger charge is -2.39. The first kappa shape index (κ1) is 25.7. The van der Waals surface area contributed by atoms with Crippen LogP contribution < -0.4 is 5.32 Å². The predicted octanol–water partition coefficient (Wildman–Crippen LogP) is 0.843. The average molecular weight is 520 g/mol. The second-order valence-electron chi connectivity index (χ2n) is 7.97. The number of likely N-dealkylation sites (tertiary alicyclic amines) is 1. The molecule has 9 heteroatoms. The van der Waals surface area contributed by atoms with Gasteiger partial charge in [0.25, 0.3) is 0 Å². The van der Waals surface area contributed by atoms with Crippen LogP contribution >= 0.6 is 24.0 Å². The minimum atomic E-state index is -0.0839. The van der Waals surface area contributed by atoms with Gasteiger partial charge in [-0.1, -0.05) is 12.2 Å². The van der Waals surface area contributed by atoms with Crippen LogP contribution in [0, 0.1) is 0 Å². The van der Waals surface area contributed by atoms with Crippen molar-refractivity contribution in [2.75, 3.05) is 66.5 Å². The van der Waals surface area contributed by atoms with Gasteiger partial charge in [0.2, 0.25) is 11.8 Å². The summed E-state index contributed by atoms with van der Waals surface area (Å²) >= 11 is 0. The van der Waals surface area contributed by atoms with Crippen molar-refractivity contribution in [1.82, 2.24) is 24.9 Å². The van der Waals surface area contributed by atoms with E-state index in [1.165, 1.54) is 0 Å². The first-order chi connectivity index (χ1) is 13.3. The van der Waals surface area contributed by atoms with E-state index in [4.69, 9.17) is 0 Å². The van der Waals surface area contributed by atoms with Crippen molar-refractivity contribution in [2.24, 2.45) is 4.99 Å². The number of guanidine groups is 1. The number of nitrogens with one attached hydrogen (secondary N) is 1. The maximum atomic E-state index is 12.7. The Bertz CT molecular complexity index is 596. The summed E-state index contributed by atoms with van der Waals surface area (Å²) in [5.74, 6) is 0.950. The van der Waals surface area contributed by atoms with Gasteiger partial charge in [-0.25, -0.2) is 4.99 Å². The molecule has 1 atom stereocenters. The van der Waals surface area contributed by atoms with Crippen molar-refractivity contribution in [3.05, 3.63) is 12.2 Å². The fraction of sp³-hybridized carbons (Fsp3) is 0.750. The third-order valence-corrected chi connectivity index (χ3v) is 5.35. The topological polar surface area (TPSA) is 71.5 Å². The van der Waals surface area contributed by atoms with Crippen molar-refractivity contribution in [2.45, 2.75) is 32.7 Å². The molecule has 2 fully saturated rings. The van der Waals surface area contributed by atoms with Crippen molar-refractivity contribution in [3.8, 4) is 0 Å². The zero-order valence-corrected chi connectivity index (χ0v) is 20.6. The molecular weight excluding hydrogens is 483 g/mol. The van der Waals surface area contributed by atoms with Crippen LogP contribution in [0.5, 0.6) is 0 Å². The molecule has 2 heterocycles. The van der Waals surface area contributed by atoms with E-state index in [0.29, 0.717) is 6.54 Å². The van der Waals surface area contributed by atoms with Crippen molar-refractivity contribution in [3.63, 3.8) is 0 Å². The number of rotatable bonds is 6. The second-order valence-corrected chi connectivity index (χ2v) is 7.97. The lowest BCUT2D eigenvalue weighted by atomic mass is 10.2. The summed E-state index contributed by atoms with van der Waals surface area (Å²) in [6.45, 7) is 13.6. The highest BCUT2D eigenvalue weighted by Crippen LogP contribution is 2.14. The third kappa shape index (κ3) is 7.76. The first-order valence-electron chi connectivity index (χ1n) is 10.2. The number of amides is 2. The highest BCUT2D eigenvalue weighted by atomic mass is 127. The van der Waals surface area contributed by atoms with Gasteiger partial charge in [-0.05, 0) is 26.7 Å². The molecule has 29 heavy (non-hydrogen) atoms. The monoisotopic (exact) mass is 520 g/mol. The molecule has 0 aromatic carbocycles. The Morgan fingerprint density at radius 2 is 1.66 bits per heavy atom. The Hall–Kier alpha value is -1.36. The molecule has 8 nitrogen and oxygen atoms in total. The van der Waals surface area contributed by atoms with Crippen LogP contribution in [0.3, 0.4) is 0 Å². The fourth-order valence-electron chi connectivity index (χ4n) is 3.46. The summed E-state index contributed by atoms with van der Waals surface area (Å²) in [5.41, 5.74) is 1.01. The molecule has 2 rings (SSSR count). The molecule has 0 aromatic heterocycles. The van der Waals surface area contributed by atoms with Crippen LogP contribution in [0.4, 0.5) is 0 Å². The largest absolute Gasteiger partial charge is 0.353 e. The van der Waals surface area contributed by atoms with Gasteiger partial charge in [0, 0.05) is 59.9 Å². The van der Waals surface area contributed by atoms with Crippen molar-refractivity contribution >= 4 is 41.8 Å². The highest BCUT2D eigenvalue weighted by molar-refractivity contribution is 14.0. The fourth-order valence-corrected chi connectivity index (χ4v) is 3.46. The summed E-state index contributed by atoms with van der Waals surface area (Å²) in [6.07, 6.45) is 2.23. The quantitative estimate of drug-likeness (QED) is 0.243. The molecule has 0 radical (unpaired) electrons. The third-order valence-electron chi connectivity index (χ3n) is 5.35. The van der Waals surface area contributed by atoms with Gasteiger partial charge in [-0.2, -0.15) is 0 Å². The van der Waals surface area contributed by atoms with Gasteiger partial charge in [0.05, 0.1) is 6.04 Å². The van der Waals surface area contributed by atoms with Crippen LogP contribution in [0.2, 0.25) is 0 Å². The summed E-state index contributed by atoms with van der Waals surface area (Å²) in [5, 5.41) is 3.31. The molecule has 1 N–H and O–H groups in total. The van der Waals surface area contributed by atoms with Crippen LogP contribution in [-0.2, 0) is 9.59 Å². The van der Waals surface area contributed by atoms with E-state index in [9.17, 15) is 9.59 Å². The molecule has 166 valence electrons. The standard InChI is InChI=1S/C20H36N6O2.HI/c1-16(2)14-21-20(22-15-18(27)23(4)5)26-12-10-24(11-13-26)17(3)19(28)25-8-6-7-9-25;/h17H,1,6-15H2,2-5H3,(H,21,22);1H. The van der Waals surface area contributed by atoms with Gasteiger partial charge in [-0.15, -0.1) is 24.0 Å². The number of piperazine rings is 1. The highest BCUT2D eigenvalue weighted by Gasteiger charge is 2.30. The summed E-state index contributed by atoms with van der Waals surface area (Å²) in [6, 6.07) is -0.0839. The normalized spacial score (nSPS) is 18.8. The van der Waals surface area contributed by atoms with E-state index in [2.05, 4.69) is 26.7 Å². The van der Waals surface area contributed by atoms with Crippen molar-refractivity contribution < 1.29 is 9.59 Å². The molecule has 0 saturated carbocycles. The molecule has 2 aliphatic heterocycles. The second kappa shape index (κ2) is 12.4. The number of nitrogens with zero attached hydrogens (tertiary/aromatic N) is 5. The number of hydrogen-bond acceptors (Lipinski definition) is 4. The van der Waals surface area contributed by atoms with Gasteiger partial charge in [0.15, 0.2) is 5.96 Å². The van der Waals surface area contributed by atoms with E-state index in [-0.39, 0.29) is 48.4 Å². The van der Waals surface area contributed by atoms with Crippen LogP contribution in [0.25, 0.3) is 0 Å². The summed E-state index contributed by atoms with van der Waals surface area (Å²) in [7, 11) is 3.47. The number of aliphatic imine (C=N–C) groups is 1. The Balaban J connectivity index is 0.00000420. The molecular formula is C20H37IN6O2. The molecule has 2 aliphatic rings. The van der Waals surface area contributed by atoms with E-state index in [1.807, 2.05) is 18.7 Å². The maximum Gasteiger partial charge on any atom is 0.243 e.